The number of likely N-dealkylation sites (N-methyl/N-ethyl adjacent to an activating group) is 1. The molecule has 100 valence electrons. The first-order chi connectivity index (χ1) is 7.82. The molecule has 0 unspecified atom stereocenters. The van der Waals surface area contributed by atoms with E-state index in [0.717, 1.165) is 12.8 Å². The van der Waals surface area contributed by atoms with E-state index in [-0.39, 0.29) is 17.9 Å². The van der Waals surface area contributed by atoms with E-state index in [1.54, 1.807) is 6.92 Å². The standard InChI is InChI=1S/C12H24N2O3/c1-4-14(9-11(16)17)10(15)5-6-12(2,3)7-8-13/h4-9,13H2,1-3H3,(H,16,17). The molecule has 0 aliphatic rings. The number of nitrogens with zero attached hydrogens (tertiary/aromatic N) is 1. The molecule has 0 saturated heterocycles. The van der Waals surface area contributed by atoms with Crippen LogP contribution in [0.3, 0.4) is 0 Å². The van der Waals surface area contributed by atoms with Gasteiger partial charge in [0.15, 0.2) is 0 Å². The van der Waals surface area contributed by atoms with E-state index in [0.29, 0.717) is 19.5 Å². The lowest BCUT2D eigenvalue weighted by Gasteiger charge is -2.25. The lowest BCUT2D eigenvalue weighted by atomic mass is 9.84. The van der Waals surface area contributed by atoms with Gasteiger partial charge in [-0.25, -0.2) is 0 Å². The maximum Gasteiger partial charge on any atom is 0.323 e. The summed E-state index contributed by atoms with van der Waals surface area (Å²) < 4.78 is 0. The summed E-state index contributed by atoms with van der Waals surface area (Å²) in [6, 6.07) is 0. The SMILES string of the molecule is CCN(CC(=O)O)C(=O)CCC(C)(C)CCN. The Labute approximate surface area is 103 Å². The van der Waals surface area contributed by atoms with Crippen molar-refractivity contribution in [1.29, 1.82) is 0 Å². The van der Waals surface area contributed by atoms with Crippen molar-refractivity contribution in [2.45, 2.75) is 40.0 Å². The number of carbonyl (C=O) groups is 2. The minimum atomic E-state index is -0.971. The van der Waals surface area contributed by atoms with Crippen LogP contribution >= 0.6 is 0 Å². The minimum absolute atomic E-state index is 0.0348. The molecule has 0 aromatic rings. The van der Waals surface area contributed by atoms with Crippen LogP contribution in [-0.4, -0.2) is 41.5 Å². The highest BCUT2D eigenvalue weighted by molar-refractivity contribution is 5.81. The number of nitrogens with two attached hydrogens (primary N) is 1. The zero-order valence-electron chi connectivity index (χ0n) is 11.0. The number of amides is 1. The first kappa shape index (κ1) is 15.9. The summed E-state index contributed by atoms with van der Waals surface area (Å²) in [6.45, 7) is 6.75. The molecule has 0 aromatic heterocycles. The number of carbonyl (C=O) groups excluding carboxylic acids is 1. The van der Waals surface area contributed by atoms with Crippen molar-refractivity contribution < 1.29 is 14.7 Å². The Hall–Kier alpha value is -1.10. The summed E-state index contributed by atoms with van der Waals surface area (Å²) in [4.78, 5) is 23.7. The molecule has 0 radical (unpaired) electrons. The van der Waals surface area contributed by atoms with E-state index in [4.69, 9.17) is 10.8 Å². The molecule has 5 nitrogen and oxygen atoms in total. The van der Waals surface area contributed by atoms with E-state index in [2.05, 4.69) is 13.8 Å². The Kier molecular flexibility index (Phi) is 6.80. The van der Waals surface area contributed by atoms with Crippen LogP contribution in [0, 0.1) is 5.41 Å². The Bertz CT molecular complexity index is 264. The molecule has 0 rings (SSSR count). The van der Waals surface area contributed by atoms with Crippen molar-refractivity contribution in [2.75, 3.05) is 19.6 Å². The smallest absolute Gasteiger partial charge is 0.323 e. The fourth-order valence-electron chi connectivity index (χ4n) is 1.66. The van der Waals surface area contributed by atoms with Crippen LogP contribution in [-0.2, 0) is 9.59 Å². The number of carboxylic acid groups (broad SMARTS) is 1. The van der Waals surface area contributed by atoms with Crippen LogP contribution < -0.4 is 5.73 Å². The summed E-state index contributed by atoms with van der Waals surface area (Å²) in [5.74, 6) is -1.07. The lowest BCUT2D eigenvalue weighted by molar-refractivity contribution is -0.144. The van der Waals surface area contributed by atoms with Crippen LogP contribution in [0.4, 0.5) is 0 Å². The van der Waals surface area contributed by atoms with E-state index in [1.165, 1.54) is 4.90 Å². The van der Waals surface area contributed by atoms with Crippen molar-refractivity contribution in [3.63, 3.8) is 0 Å². The number of hydrogen-bond acceptors (Lipinski definition) is 3. The zero-order chi connectivity index (χ0) is 13.5. The van der Waals surface area contributed by atoms with Gasteiger partial charge in [0.05, 0.1) is 0 Å². The van der Waals surface area contributed by atoms with Gasteiger partial charge in [0.2, 0.25) is 5.91 Å². The van der Waals surface area contributed by atoms with Gasteiger partial charge in [0.25, 0.3) is 0 Å². The highest BCUT2D eigenvalue weighted by atomic mass is 16.4. The van der Waals surface area contributed by atoms with E-state index in [1.807, 2.05) is 0 Å². The van der Waals surface area contributed by atoms with Gasteiger partial charge in [0, 0.05) is 13.0 Å². The molecule has 0 fully saturated rings. The van der Waals surface area contributed by atoms with Crippen LogP contribution in [0.15, 0.2) is 0 Å². The first-order valence-electron chi connectivity index (χ1n) is 6.02. The average Bonchev–Trinajstić information content (AvgIpc) is 2.22. The van der Waals surface area contributed by atoms with Crippen molar-refractivity contribution in [1.82, 2.24) is 4.90 Å². The van der Waals surface area contributed by atoms with Gasteiger partial charge in [-0.15, -0.1) is 0 Å². The summed E-state index contributed by atoms with van der Waals surface area (Å²) in [7, 11) is 0. The lowest BCUT2D eigenvalue weighted by Crippen LogP contribution is -2.36. The summed E-state index contributed by atoms with van der Waals surface area (Å²) in [6.07, 6.45) is 1.98. The van der Waals surface area contributed by atoms with E-state index >= 15 is 0 Å². The monoisotopic (exact) mass is 244 g/mol. The molecular weight excluding hydrogens is 220 g/mol. The largest absolute Gasteiger partial charge is 0.480 e. The molecular formula is C12H24N2O3. The third kappa shape index (κ3) is 6.94. The first-order valence-corrected chi connectivity index (χ1v) is 6.02. The third-order valence-electron chi connectivity index (χ3n) is 2.90. The summed E-state index contributed by atoms with van der Waals surface area (Å²) in [5, 5.41) is 8.67. The van der Waals surface area contributed by atoms with Gasteiger partial charge in [-0.2, -0.15) is 0 Å². The highest BCUT2D eigenvalue weighted by Gasteiger charge is 2.21. The Morgan fingerprint density at radius 2 is 1.88 bits per heavy atom. The fraction of sp³-hybridized carbons (Fsp3) is 0.833. The molecule has 17 heavy (non-hydrogen) atoms. The van der Waals surface area contributed by atoms with Crippen molar-refractivity contribution in [3.05, 3.63) is 0 Å². The summed E-state index contributed by atoms with van der Waals surface area (Å²) >= 11 is 0. The predicted octanol–water partition coefficient (Wildman–Crippen LogP) is 1.07. The molecule has 0 aromatic carbocycles. The second-order valence-corrected chi connectivity index (χ2v) is 5.00. The molecule has 0 bridgehead atoms. The third-order valence-corrected chi connectivity index (χ3v) is 2.90. The van der Waals surface area contributed by atoms with Crippen LogP contribution in [0.5, 0.6) is 0 Å². The fourth-order valence-corrected chi connectivity index (χ4v) is 1.66. The Morgan fingerprint density at radius 3 is 2.29 bits per heavy atom. The van der Waals surface area contributed by atoms with Crippen molar-refractivity contribution >= 4 is 11.9 Å². The topological polar surface area (TPSA) is 83.6 Å². The van der Waals surface area contributed by atoms with Crippen LogP contribution in [0.25, 0.3) is 0 Å². The second-order valence-electron chi connectivity index (χ2n) is 5.00. The molecule has 0 saturated carbocycles. The Balaban J connectivity index is 4.19. The number of carboxylic acids is 1. The van der Waals surface area contributed by atoms with E-state index < -0.39 is 5.97 Å². The normalized spacial score (nSPS) is 11.3. The molecule has 0 atom stereocenters. The van der Waals surface area contributed by atoms with Gasteiger partial charge in [-0.1, -0.05) is 13.8 Å². The number of aliphatic carboxylic acids is 1. The molecule has 0 aliphatic heterocycles. The zero-order valence-corrected chi connectivity index (χ0v) is 11.0. The number of rotatable bonds is 8. The van der Waals surface area contributed by atoms with Crippen molar-refractivity contribution in [2.24, 2.45) is 11.1 Å². The second kappa shape index (κ2) is 7.27. The highest BCUT2D eigenvalue weighted by Crippen LogP contribution is 2.26. The molecule has 0 spiro atoms. The van der Waals surface area contributed by atoms with E-state index in [9.17, 15) is 9.59 Å². The van der Waals surface area contributed by atoms with Gasteiger partial charge in [-0.05, 0) is 31.7 Å². The van der Waals surface area contributed by atoms with Gasteiger partial charge in [-0.3, -0.25) is 9.59 Å². The van der Waals surface area contributed by atoms with Gasteiger partial charge >= 0.3 is 5.97 Å². The maximum absolute atomic E-state index is 11.8. The van der Waals surface area contributed by atoms with Crippen LogP contribution in [0.2, 0.25) is 0 Å². The Morgan fingerprint density at radius 1 is 1.29 bits per heavy atom. The molecule has 5 heteroatoms. The van der Waals surface area contributed by atoms with Gasteiger partial charge < -0.3 is 15.7 Å². The quantitative estimate of drug-likeness (QED) is 0.669. The molecule has 3 N–H and O–H groups in total. The summed E-state index contributed by atoms with van der Waals surface area (Å²) in [5.41, 5.74) is 5.53. The molecule has 1 amide bonds. The average molecular weight is 244 g/mol. The minimum Gasteiger partial charge on any atom is -0.480 e. The maximum atomic E-state index is 11.8. The number of hydrogen-bond donors (Lipinski definition) is 2. The van der Waals surface area contributed by atoms with Crippen molar-refractivity contribution in [3.8, 4) is 0 Å². The molecule has 0 heterocycles. The predicted molar refractivity (Wildman–Crippen MR) is 66.6 cm³/mol. The van der Waals surface area contributed by atoms with Crippen LogP contribution in [0.1, 0.15) is 40.0 Å². The van der Waals surface area contributed by atoms with Gasteiger partial charge in [0.1, 0.15) is 6.54 Å². The molecule has 0 aliphatic carbocycles.